The van der Waals surface area contributed by atoms with E-state index >= 15 is 0 Å². The van der Waals surface area contributed by atoms with Gasteiger partial charge in [-0.15, -0.1) is 0 Å². The van der Waals surface area contributed by atoms with Crippen molar-refractivity contribution in [2.45, 2.75) is 38.6 Å². The van der Waals surface area contributed by atoms with E-state index in [2.05, 4.69) is 10.6 Å². The molecule has 27 heavy (non-hydrogen) atoms. The van der Waals surface area contributed by atoms with Gasteiger partial charge in [0.1, 0.15) is 0 Å². The number of methoxy groups -OCH3 is 1. The highest BCUT2D eigenvalue weighted by Gasteiger charge is 2.30. The lowest BCUT2D eigenvalue weighted by molar-refractivity contribution is 0.0674. The van der Waals surface area contributed by atoms with Gasteiger partial charge >= 0.3 is 0 Å². The maximum absolute atomic E-state index is 13.4. The predicted molar refractivity (Wildman–Crippen MR) is 107 cm³/mol. The molecule has 1 fully saturated rings. The van der Waals surface area contributed by atoms with Crippen LogP contribution in [0.25, 0.3) is 0 Å². The molecule has 2 heterocycles. The minimum atomic E-state index is -0.0219. The largest absolute Gasteiger partial charge is 0.493 e. The van der Waals surface area contributed by atoms with E-state index < -0.39 is 0 Å². The third kappa shape index (κ3) is 4.08. The lowest BCUT2D eigenvalue weighted by Crippen LogP contribution is -2.35. The molecule has 0 N–H and O–H groups in total. The van der Waals surface area contributed by atoms with E-state index in [1.54, 1.807) is 19.2 Å². The lowest BCUT2D eigenvalue weighted by Gasteiger charge is -2.31. The fourth-order valence-electron chi connectivity index (χ4n) is 3.77. The van der Waals surface area contributed by atoms with E-state index in [1.807, 2.05) is 31.1 Å². The van der Waals surface area contributed by atoms with Crippen molar-refractivity contribution >= 4 is 17.5 Å². The number of ether oxygens (including phenoxy) is 2. The van der Waals surface area contributed by atoms with Gasteiger partial charge in [-0.3, -0.25) is 4.79 Å². The molecule has 1 saturated heterocycles. The summed E-state index contributed by atoms with van der Waals surface area (Å²) in [5.74, 6) is 0.942. The van der Waals surface area contributed by atoms with E-state index in [1.165, 1.54) is 0 Å². The molecule has 2 aromatic rings. The van der Waals surface area contributed by atoms with E-state index in [4.69, 9.17) is 21.1 Å². The first-order valence-electron chi connectivity index (χ1n) is 9.49. The summed E-state index contributed by atoms with van der Waals surface area (Å²) < 4.78 is 13.1. The number of aromatic nitrogens is 1. The summed E-state index contributed by atoms with van der Waals surface area (Å²) in [6.07, 6.45) is 6.25. The van der Waals surface area contributed by atoms with Crippen LogP contribution in [0, 0.1) is 0 Å². The Morgan fingerprint density at radius 3 is 2.78 bits per heavy atom. The second kappa shape index (κ2) is 8.70. The summed E-state index contributed by atoms with van der Waals surface area (Å²) in [7, 11) is 3.58. The average molecular weight is 391 g/mol. The molecule has 3 rings (SSSR count). The molecule has 0 saturated carbocycles. The van der Waals surface area contributed by atoms with Crippen LogP contribution in [0.1, 0.15) is 54.7 Å². The van der Waals surface area contributed by atoms with E-state index in [9.17, 15) is 4.79 Å². The maximum Gasteiger partial charge on any atom is 0.254 e. The summed E-state index contributed by atoms with van der Waals surface area (Å²) in [6, 6.07) is 7.61. The molecule has 0 spiro atoms. The first-order chi connectivity index (χ1) is 13.1. The Kier molecular flexibility index (Phi) is 6.32. The minimum Gasteiger partial charge on any atom is -0.493 e. The van der Waals surface area contributed by atoms with Crippen LogP contribution < -0.4 is 9.47 Å². The molecule has 5 nitrogen and oxygen atoms in total. The highest BCUT2D eigenvalue weighted by Crippen LogP contribution is 2.38. The zero-order valence-corrected chi connectivity index (χ0v) is 17.0. The average Bonchev–Trinajstić information content (AvgIpc) is 2.94. The molecule has 1 aliphatic heterocycles. The number of aryl methyl sites for hydroxylation is 1. The lowest BCUT2D eigenvalue weighted by atomic mass is 10.0. The van der Waals surface area contributed by atoms with Crippen molar-refractivity contribution in [3.8, 4) is 11.5 Å². The molecule has 1 atom stereocenters. The number of likely N-dealkylation sites (tertiary alicyclic amines) is 1. The van der Waals surface area contributed by atoms with Crippen LogP contribution in [-0.2, 0) is 7.05 Å². The molecule has 1 aliphatic rings. The summed E-state index contributed by atoms with van der Waals surface area (Å²) in [5, 5.41) is 0.393. The van der Waals surface area contributed by atoms with Gasteiger partial charge in [-0.25, -0.2) is 0 Å². The number of halogens is 1. The van der Waals surface area contributed by atoms with Gasteiger partial charge in [-0.05, 0) is 44.0 Å². The summed E-state index contributed by atoms with van der Waals surface area (Å²) >= 11 is 6.39. The topological polar surface area (TPSA) is 43.7 Å². The van der Waals surface area contributed by atoms with Gasteiger partial charge in [-0.2, -0.15) is 0 Å². The molecule has 1 unspecified atom stereocenters. The molecular formula is C21H27ClN2O3. The summed E-state index contributed by atoms with van der Waals surface area (Å²) in [5.41, 5.74) is 1.69. The van der Waals surface area contributed by atoms with Crippen LogP contribution in [-0.4, -0.2) is 35.6 Å². The van der Waals surface area contributed by atoms with Gasteiger partial charge < -0.3 is 18.9 Å². The van der Waals surface area contributed by atoms with Gasteiger partial charge in [0.15, 0.2) is 11.5 Å². The van der Waals surface area contributed by atoms with Crippen LogP contribution in [0.4, 0.5) is 0 Å². The van der Waals surface area contributed by atoms with Crippen LogP contribution in [0.3, 0.4) is 0 Å². The molecule has 1 amide bonds. The van der Waals surface area contributed by atoms with Gasteiger partial charge in [0.2, 0.25) is 0 Å². The SMILES string of the molecule is CCOc1c(Cl)cc(C(=O)N2CCCCCC2c2cccn2C)cc1OC. The molecule has 1 aromatic carbocycles. The third-order valence-corrected chi connectivity index (χ3v) is 5.38. The Morgan fingerprint density at radius 1 is 1.30 bits per heavy atom. The quantitative estimate of drug-likeness (QED) is 0.733. The van der Waals surface area contributed by atoms with Crippen molar-refractivity contribution in [1.29, 1.82) is 0 Å². The summed E-state index contributed by atoms with van der Waals surface area (Å²) in [6.45, 7) is 3.10. The van der Waals surface area contributed by atoms with Gasteiger partial charge in [-0.1, -0.05) is 24.4 Å². The highest BCUT2D eigenvalue weighted by atomic mass is 35.5. The van der Waals surface area contributed by atoms with Crippen molar-refractivity contribution in [3.63, 3.8) is 0 Å². The van der Waals surface area contributed by atoms with Crippen molar-refractivity contribution in [3.05, 3.63) is 46.7 Å². The smallest absolute Gasteiger partial charge is 0.254 e. The van der Waals surface area contributed by atoms with E-state index in [0.717, 1.165) is 37.9 Å². The van der Waals surface area contributed by atoms with Crippen LogP contribution in [0.5, 0.6) is 11.5 Å². The fourth-order valence-corrected chi connectivity index (χ4v) is 4.04. The van der Waals surface area contributed by atoms with Gasteiger partial charge in [0, 0.05) is 31.0 Å². The summed E-state index contributed by atoms with van der Waals surface area (Å²) in [4.78, 5) is 15.4. The first-order valence-corrected chi connectivity index (χ1v) is 9.87. The van der Waals surface area contributed by atoms with Gasteiger partial charge in [0.25, 0.3) is 5.91 Å². The first kappa shape index (κ1) is 19.6. The number of rotatable bonds is 5. The molecule has 1 aromatic heterocycles. The predicted octanol–water partition coefficient (Wildman–Crippen LogP) is 4.84. The number of carbonyl (C=O) groups is 1. The molecule has 6 heteroatoms. The third-order valence-electron chi connectivity index (χ3n) is 5.10. The second-order valence-electron chi connectivity index (χ2n) is 6.83. The standard InChI is InChI=1S/C21H27ClN2O3/c1-4-27-20-16(22)13-15(14-19(20)26-3)21(25)24-12-7-5-6-9-18(24)17-10-8-11-23(17)2/h8,10-11,13-14,18H,4-7,9,12H2,1-3H3. The van der Waals surface area contributed by atoms with E-state index in [0.29, 0.717) is 28.7 Å². The molecule has 146 valence electrons. The van der Waals surface area contributed by atoms with Crippen LogP contribution in [0.15, 0.2) is 30.5 Å². The number of amides is 1. The number of hydrogen-bond donors (Lipinski definition) is 0. The number of carbonyl (C=O) groups excluding carboxylic acids is 1. The van der Waals surface area contributed by atoms with E-state index in [-0.39, 0.29) is 11.9 Å². The molecule has 0 radical (unpaired) electrons. The monoisotopic (exact) mass is 390 g/mol. The fraction of sp³-hybridized carbons (Fsp3) is 0.476. The Balaban J connectivity index is 1.97. The second-order valence-corrected chi connectivity index (χ2v) is 7.24. The Hall–Kier alpha value is -2.14. The zero-order chi connectivity index (χ0) is 19.4. The molecule has 0 bridgehead atoms. The van der Waals surface area contributed by atoms with Crippen LogP contribution in [0.2, 0.25) is 5.02 Å². The Bertz CT molecular complexity index is 803. The van der Waals surface area contributed by atoms with Crippen LogP contribution >= 0.6 is 11.6 Å². The van der Waals surface area contributed by atoms with Crippen molar-refractivity contribution in [2.24, 2.45) is 7.05 Å². The Labute approximate surface area is 165 Å². The minimum absolute atomic E-state index is 0.0219. The Morgan fingerprint density at radius 2 is 2.11 bits per heavy atom. The molecule has 0 aliphatic carbocycles. The number of benzene rings is 1. The van der Waals surface area contributed by atoms with Crippen molar-refractivity contribution in [2.75, 3.05) is 20.3 Å². The normalized spacial score (nSPS) is 17.5. The zero-order valence-electron chi connectivity index (χ0n) is 16.2. The molecular weight excluding hydrogens is 364 g/mol. The maximum atomic E-state index is 13.4. The van der Waals surface area contributed by atoms with Crippen molar-refractivity contribution in [1.82, 2.24) is 9.47 Å². The number of nitrogens with zero attached hydrogens (tertiary/aromatic N) is 2. The van der Waals surface area contributed by atoms with Crippen molar-refractivity contribution < 1.29 is 14.3 Å². The van der Waals surface area contributed by atoms with Gasteiger partial charge in [0.05, 0.1) is 24.8 Å². The highest BCUT2D eigenvalue weighted by molar-refractivity contribution is 6.32. The number of hydrogen-bond acceptors (Lipinski definition) is 3.